The number of hydrazone groups is 1. The van der Waals surface area contributed by atoms with Crippen LogP contribution in [0.1, 0.15) is 27.2 Å². The van der Waals surface area contributed by atoms with Gasteiger partial charge in [0.05, 0.1) is 6.21 Å². The maximum atomic E-state index is 12.7. The van der Waals surface area contributed by atoms with E-state index >= 15 is 0 Å². The summed E-state index contributed by atoms with van der Waals surface area (Å²) in [5.74, 6) is -0.241. The van der Waals surface area contributed by atoms with Gasteiger partial charge in [0, 0.05) is 39.3 Å². The molecule has 162 valence electrons. The molecule has 4 aromatic carbocycles. The van der Waals surface area contributed by atoms with Crippen LogP contribution in [0.3, 0.4) is 0 Å². The Balaban J connectivity index is 1.43. The molecular weight excluding hydrogens is 430 g/mol. The van der Waals surface area contributed by atoms with Crippen LogP contribution in [-0.4, -0.2) is 16.7 Å². The molecule has 0 radical (unpaired) electrons. The lowest BCUT2D eigenvalue weighted by Gasteiger charge is -2.10. The summed E-state index contributed by atoms with van der Waals surface area (Å²) < 4.78 is 2.23. The van der Waals surface area contributed by atoms with Crippen molar-refractivity contribution in [3.63, 3.8) is 0 Å². The number of hydrogen-bond acceptors (Lipinski definition) is 2. The van der Waals surface area contributed by atoms with Gasteiger partial charge in [-0.15, -0.1) is 0 Å². The van der Waals surface area contributed by atoms with Gasteiger partial charge in [-0.3, -0.25) is 4.79 Å². The highest BCUT2D eigenvalue weighted by Crippen LogP contribution is 2.27. The van der Waals surface area contributed by atoms with Crippen molar-refractivity contribution in [2.24, 2.45) is 5.10 Å². The molecule has 0 saturated carbocycles. The number of fused-ring (bicyclic) bond motifs is 2. The van der Waals surface area contributed by atoms with Crippen LogP contribution in [0.5, 0.6) is 0 Å². The molecule has 5 aromatic rings. The summed E-state index contributed by atoms with van der Waals surface area (Å²) in [4.78, 5) is 12.7. The first-order valence-electron chi connectivity index (χ1n) is 10.8. The summed E-state index contributed by atoms with van der Waals surface area (Å²) in [6.07, 6.45) is 1.72. The molecular formula is C28H22ClN3O. The molecule has 4 nitrogen and oxygen atoms in total. The quantitative estimate of drug-likeness (QED) is 0.238. The highest BCUT2D eigenvalue weighted by Gasteiger charge is 2.14. The van der Waals surface area contributed by atoms with Crippen LogP contribution in [0.4, 0.5) is 0 Å². The molecule has 1 amide bonds. The van der Waals surface area contributed by atoms with Crippen LogP contribution >= 0.6 is 11.6 Å². The topological polar surface area (TPSA) is 46.4 Å². The van der Waals surface area contributed by atoms with Crippen molar-refractivity contribution in [2.45, 2.75) is 13.5 Å². The van der Waals surface area contributed by atoms with E-state index in [4.69, 9.17) is 11.6 Å². The number of rotatable bonds is 5. The van der Waals surface area contributed by atoms with Gasteiger partial charge in [0.2, 0.25) is 0 Å². The smallest absolute Gasteiger partial charge is 0.271 e. The molecule has 0 aliphatic carbocycles. The second kappa shape index (κ2) is 8.93. The van der Waals surface area contributed by atoms with Crippen LogP contribution < -0.4 is 5.43 Å². The van der Waals surface area contributed by atoms with Crippen LogP contribution in [0, 0.1) is 6.92 Å². The number of nitrogens with one attached hydrogen (secondary N) is 1. The summed E-state index contributed by atoms with van der Waals surface area (Å²) in [6, 6.07) is 29.6. The summed E-state index contributed by atoms with van der Waals surface area (Å²) in [5.41, 5.74) is 7.42. The van der Waals surface area contributed by atoms with Crippen molar-refractivity contribution >= 4 is 45.4 Å². The van der Waals surface area contributed by atoms with Gasteiger partial charge in [-0.2, -0.15) is 5.10 Å². The van der Waals surface area contributed by atoms with E-state index in [2.05, 4.69) is 34.2 Å². The van der Waals surface area contributed by atoms with Gasteiger partial charge >= 0.3 is 0 Å². The lowest BCUT2D eigenvalue weighted by molar-refractivity contribution is 0.0955. The molecule has 33 heavy (non-hydrogen) atoms. The highest BCUT2D eigenvalue weighted by atomic mass is 35.5. The van der Waals surface area contributed by atoms with Gasteiger partial charge in [0.1, 0.15) is 0 Å². The Morgan fingerprint density at radius 2 is 1.67 bits per heavy atom. The first-order chi connectivity index (χ1) is 16.1. The molecule has 0 aliphatic heterocycles. The standard InChI is InChI=1S/C28H22ClN3O/c1-19-25(17-30-31-28(33)22-15-14-20-8-2-3-9-21(20)16-22)24-11-5-7-13-27(24)32(19)18-23-10-4-6-12-26(23)29/h2-17H,18H2,1H3,(H,31,33)/b30-17-. The van der Waals surface area contributed by atoms with E-state index in [1.165, 1.54) is 0 Å². The third-order valence-electron chi connectivity index (χ3n) is 5.94. The number of para-hydroxylation sites is 1. The maximum Gasteiger partial charge on any atom is 0.271 e. The van der Waals surface area contributed by atoms with E-state index in [1.807, 2.05) is 78.9 Å². The maximum absolute atomic E-state index is 12.7. The molecule has 5 rings (SSSR count). The van der Waals surface area contributed by atoms with Crippen molar-refractivity contribution in [1.29, 1.82) is 0 Å². The number of carbonyl (C=O) groups is 1. The molecule has 5 heteroatoms. The predicted molar refractivity (Wildman–Crippen MR) is 136 cm³/mol. The number of benzene rings is 4. The fourth-order valence-corrected chi connectivity index (χ4v) is 4.37. The molecule has 0 unspecified atom stereocenters. The molecule has 0 saturated heterocycles. The molecule has 1 heterocycles. The van der Waals surface area contributed by atoms with Gasteiger partial charge in [0.15, 0.2) is 0 Å². The number of amides is 1. The Hall–Kier alpha value is -3.89. The number of nitrogens with zero attached hydrogens (tertiary/aromatic N) is 2. The zero-order chi connectivity index (χ0) is 22.8. The van der Waals surface area contributed by atoms with E-state index in [0.717, 1.165) is 43.5 Å². The second-order valence-corrected chi connectivity index (χ2v) is 8.36. The zero-order valence-electron chi connectivity index (χ0n) is 18.1. The van der Waals surface area contributed by atoms with E-state index in [9.17, 15) is 4.79 Å². The molecule has 0 fully saturated rings. The molecule has 0 aliphatic rings. The number of halogens is 1. The van der Waals surface area contributed by atoms with Gasteiger partial charge in [-0.05, 0) is 47.5 Å². The SMILES string of the molecule is Cc1c(/C=N\NC(=O)c2ccc3ccccc3c2)c2ccccc2n1Cc1ccccc1Cl. The Kier molecular flexibility index (Phi) is 5.68. The molecule has 0 bridgehead atoms. The average molecular weight is 452 g/mol. The Bertz CT molecular complexity index is 1520. The normalized spacial score (nSPS) is 11.5. The fraction of sp³-hybridized carbons (Fsp3) is 0.0714. The van der Waals surface area contributed by atoms with Crippen LogP contribution in [0.2, 0.25) is 5.02 Å². The minimum absolute atomic E-state index is 0.241. The first kappa shape index (κ1) is 21.0. The summed E-state index contributed by atoms with van der Waals surface area (Å²) in [7, 11) is 0. The monoisotopic (exact) mass is 451 g/mol. The third kappa shape index (κ3) is 4.13. The number of hydrogen-bond donors (Lipinski definition) is 1. The Morgan fingerprint density at radius 1 is 0.939 bits per heavy atom. The van der Waals surface area contributed by atoms with E-state index < -0.39 is 0 Å². The van der Waals surface area contributed by atoms with Crippen LogP contribution in [0.25, 0.3) is 21.7 Å². The number of carbonyl (C=O) groups excluding carboxylic acids is 1. The summed E-state index contributed by atoms with van der Waals surface area (Å²) in [6.45, 7) is 2.71. The number of aromatic nitrogens is 1. The van der Waals surface area contributed by atoms with Crippen molar-refractivity contribution in [3.8, 4) is 0 Å². The Labute approximate surface area is 197 Å². The molecule has 0 atom stereocenters. The Morgan fingerprint density at radius 3 is 2.52 bits per heavy atom. The van der Waals surface area contributed by atoms with Gasteiger partial charge in [-0.1, -0.05) is 78.3 Å². The fourth-order valence-electron chi connectivity index (χ4n) is 4.17. The van der Waals surface area contributed by atoms with E-state index in [0.29, 0.717) is 12.1 Å². The van der Waals surface area contributed by atoms with Crippen molar-refractivity contribution in [3.05, 3.63) is 118 Å². The zero-order valence-corrected chi connectivity index (χ0v) is 18.9. The lowest BCUT2D eigenvalue weighted by atomic mass is 10.1. The molecule has 1 N–H and O–H groups in total. The lowest BCUT2D eigenvalue weighted by Crippen LogP contribution is -2.17. The van der Waals surface area contributed by atoms with Gasteiger partial charge < -0.3 is 4.57 Å². The predicted octanol–water partition coefficient (Wildman–Crippen LogP) is 6.57. The summed E-state index contributed by atoms with van der Waals surface area (Å²) >= 11 is 6.41. The van der Waals surface area contributed by atoms with Crippen molar-refractivity contribution in [1.82, 2.24) is 9.99 Å². The van der Waals surface area contributed by atoms with Crippen LogP contribution in [-0.2, 0) is 6.54 Å². The largest absolute Gasteiger partial charge is 0.340 e. The van der Waals surface area contributed by atoms with E-state index in [-0.39, 0.29) is 5.91 Å². The minimum atomic E-state index is -0.241. The average Bonchev–Trinajstić information content (AvgIpc) is 3.11. The van der Waals surface area contributed by atoms with E-state index in [1.54, 1.807) is 6.21 Å². The molecule has 1 aromatic heterocycles. The van der Waals surface area contributed by atoms with Crippen molar-refractivity contribution < 1.29 is 4.79 Å². The highest BCUT2D eigenvalue weighted by molar-refractivity contribution is 6.31. The summed E-state index contributed by atoms with van der Waals surface area (Å²) in [5, 5.41) is 8.22. The first-order valence-corrected chi connectivity index (χ1v) is 11.1. The second-order valence-electron chi connectivity index (χ2n) is 7.95. The van der Waals surface area contributed by atoms with Gasteiger partial charge in [-0.25, -0.2) is 5.43 Å². The van der Waals surface area contributed by atoms with Crippen molar-refractivity contribution in [2.75, 3.05) is 0 Å². The van der Waals surface area contributed by atoms with Crippen LogP contribution in [0.15, 0.2) is 96.1 Å². The minimum Gasteiger partial charge on any atom is -0.340 e. The third-order valence-corrected chi connectivity index (χ3v) is 6.31. The molecule has 0 spiro atoms. The van der Waals surface area contributed by atoms with Gasteiger partial charge in [0.25, 0.3) is 5.91 Å².